The molecule has 0 radical (unpaired) electrons. The van der Waals surface area contributed by atoms with Crippen molar-refractivity contribution >= 4 is 30.9 Å². The first kappa shape index (κ1) is 29.4. The van der Waals surface area contributed by atoms with Crippen LogP contribution in [-0.2, 0) is 27.2 Å². The van der Waals surface area contributed by atoms with Crippen LogP contribution in [0.5, 0.6) is 5.75 Å². The van der Waals surface area contributed by atoms with Gasteiger partial charge in [-0.2, -0.15) is 0 Å². The van der Waals surface area contributed by atoms with Gasteiger partial charge in [-0.15, -0.1) is 0 Å². The molecule has 0 spiro atoms. The topological polar surface area (TPSA) is 104 Å². The maximum Gasteiger partial charge on any atom is 0.306 e. The first-order valence-electron chi connectivity index (χ1n) is 12.6. The number of ketones is 1. The Morgan fingerprint density at radius 3 is 2.29 bits per heavy atom. The molecule has 0 bridgehead atoms. The minimum absolute atomic E-state index is 0.0673. The molecule has 0 saturated heterocycles. The zero-order valence-corrected chi connectivity index (χ0v) is 23.4. The number of hydrogen-bond acceptors (Lipinski definition) is 5. The molecule has 1 heterocycles. The molecule has 2 aromatic carbocycles. The number of halogens is 2. The van der Waals surface area contributed by atoms with E-state index in [9.17, 15) is 28.3 Å². The normalized spacial score (nSPS) is 16.9. The number of Topliss-reactive ketones (excluding diaryl/α,β-unsaturated/α-hetero) is 1. The number of fused-ring (bicyclic) bond motifs is 1. The lowest BCUT2D eigenvalue weighted by molar-refractivity contribution is -0.148. The largest absolute Gasteiger partial charge is 0.494 e. The van der Waals surface area contributed by atoms with Crippen LogP contribution in [0.4, 0.5) is 8.78 Å². The summed E-state index contributed by atoms with van der Waals surface area (Å²) in [6.07, 6.45) is -1.03. The molecule has 1 unspecified atom stereocenters. The smallest absolute Gasteiger partial charge is 0.306 e. The predicted molar refractivity (Wildman–Crippen MR) is 141 cm³/mol. The van der Waals surface area contributed by atoms with Crippen LogP contribution in [0.3, 0.4) is 0 Å². The molecule has 38 heavy (non-hydrogen) atoms. The van der Waals surface area contributed by atoms with Crippen LogP contribution in [0.25, 0.3) is 0 Å². The van der Waals surface area contributed by atoms with E-state index >= 15 is 0 Å². The van der Waals surface area contributed by atoms with Crippen molar-refractivity contribution in [3.05, 3.63) is 58.7 Å². The maximum atomic E-state index is 14.9. The monoisotopic (exact) mass is 547 g/mol. The Bertz CT molecular complexity index is 1220. The van der Waals surface area contributed by atoms with Crippen molar-refractivity contribution in [1.82, 2.24) is 4.90 Å². The van der Waals surface area contributed by atoms with Gasteiger partial charge in [-0.3, -0.25) is 14.4 Å². The number of nitrogens with zero attached hydrogens (tertiary/aromatic N) is 1. The van der Waals surface area contributed by atoms with Gasteiger partial charge in [0.2, 0.25) is 5.91 Å². The third-order valence-corrected chi connectivity index (χ3v) is 8.55. The number of aliphatic hydroxyl groups is 1. The molecule has 2 aromatic rings. The highest BCUT2D eigenvalue weighted by atomic mass is 28.3. The Labute approximate surface area is 222 Å². The Hall–Kier alpha value is -3.11. The molecular formula is C28H35F2NO6Si. The molecular weight excluding hydrogens is 512 g/mol. The molecule has 0 saturated carbocycles. The van der Waals surface area contributed by atoms with E-state index in [0.29, 0.717) is 24.3 Å². The van der Waals surface area contributed by atoms with Crippen molar-refractivity contribution in [2.75, 3.05) is 13.2 Å². The molecule has 1 aliphatic heterocycles. The molecule has 206 valence electrons. The van der Waals surface area contributed by atoms with E-state index in [1.807, 2.05) is 32.6 Å². The highest BCUT2D eigenvalue weighted by Gasteiger charge is 2.39. The van der Waals surface area contributed by atoms with Crippen LogP contribution in [0.15, 0.2) is 30.3 Å². The second-order valence-electron chi connectivity index (χ2n) is 11.1. The third-order valence-electron chi connectivity index (χ3n) is 6.57. The number of carboxylic acid groups (broad SMARTS) is 1. The van der Waals surface area contributed by atoms with E-state index in [4.69, 9.17) is 9.84 Å². The summed E-state index contributed by atoms with van der Waals surface area (Å²) in [5.74, 6) is -3.03. The molecule has 1 amide bonds. The number of carboxylic acids is 1. The highest BCUT2D eigenvalue weighted by Crippen LogP contribution is 2.35. The van der Waals surface area contributed by atoms with Crippen molar-refractivity contribution in [3.63, 3.8) is 0 Å². The van der Waals surface area contributed by atoms with Crippen LogP contribution < -0.4 is 9.92 Å². The van der Waals surface area contributed by atoms with Gasteiger partial charge in [0.05, 0.1) is 33.1 Å². The van der Waals surface area contributed by atoms with Gasteiger partial charge < -0.3 is 19.8 Å². The van der Waals surface area contributed by atoms with Gasteiger partial charge in [0.25, 0.3) is 0 Å². The SMILES string of the molecule is CCOc1ccc2c(c1)CCN(C(=O)CC(C)(O)CC(=O)O)[C@H]2C(=O)Cc1cc(F)c([Si](C)(C)C)c(F)c1. The molecule has 0 aliphatic carbocycles. The van der Waals surface area contributed by atoms with E-state index in [2.05, 4.69) is 0 Å². The molecule has 7 nitrogen and oxygen atoms in total. The molecule has 1 aliphatic rings. The zero-order valence-electron chi connectivity index (χ0n) is 22.4. The van der Waals surface area contributed by atoms with Crippen LogP contribution in [0.1, 0.15) is 49.4 Å². The van der Waals surface area contributed by atoms with Gasteiger partial charge >= 0.3 is 5.97 Å². The number of rotatable bonds is 10. The lowest BCUT2D eigenvalue weighted by Gasteiger charge is -2.38. The summed E-state index contributed by atoms with van der Waals surface area (Å²) in [6.45, 7) is 9.20. The van der Waals surface area contributed by atoms with Crippen molar-refractivity contribution in [2.24, 2.45) is 0 Å². The number of benzene rings is 2. The Morgan fingerprint density at radius 1 is 1.11 bits per heavy atom. The first-order valence-corrected chi connectivity index (χ1v) is 16.1. The number of aliphatic carboxylic acids is 1. The molecule has 0 aromatic heterocycles. The fourth-order valence-corrected chi connectivity index (χ4v) is 6.61. The number of ether oxygens (including phenoxy) is 1. The summed E-state index contributed by atoms with van der Waals surface area (Å²) < 4.78 is 35.3. The summed E-state index contributed by atoms with van der Waals surface area (Å²) in [5, 5.41) is 19.6. The number of amides is 1. The Kier molecular flexibility index (Phi) is 8.78. The van der Waals surface area contributed by atoms with Crippen molar-refractivity contribution < 1.29 is 38.1 Å². The minimum atomic E-state index is -2.30. The second-order valence-corrected chi connectivity index (χ2v) is 16.1. The zero-order chi connectivity index (χ0) is 28.4. The molecule has 10 heteroatoms. The lowest BCUT2D eigenvalue weighted by Crippen LogP contribution is -2.47. The summed E-state index contributed by atoms with van der Waals surface area (Å²) in [4.78, 5) is 39.4. The van der Waals surface area contributed by atoms with Crippen LogP contribution >= 0.6 is 0 Å². The quantitative estimate of drug-likeness (QED) is 0.439. The predicted octanol–water partition coefficient (Wildman–Crippen LogP) is 3.76. The average Bonchev–Trinajstić information content (AvgIpc) is 2.75. The average molecular weight is 548 g/mol. The first-order chi connectivity index (χ1) is 17.6. The Morgan fingerprint density at radius 2 is 1.74 bits per heavy atom. The summed E-state index contributed by atoms with van der Waals surface area (Å²) in [6, 6.07) is 6.50. The van der Waals surface area contributed by atoms with Gasteiger partial charge in [-0.05, 0) is 61.2 Å². The Balaban J connectivity index is 1.98. The molecule has 2 atom stereocenters. The standard InChI is InChI=1S/C28H35F2NO6Si/c1-6-37-19-7-8-20-18(14-19)9-10-31(24(33)15-28(2,36)16-25(34)35)26(20)23(32)13-17-11-21(29)27(22(30)12-17)38(3,4)5/h7-8,11-12,14,26,36H,6,9-10,13,15-16H2,1-5H3,(H,34,35)/t26-,28?/m1/s1. The van der Waals surface area contributed by atoms with Crippen LogP contribution in [0.2, 0.25) is 19.6 Å². The van der Waals surface area contributed by atoms with E-state index < -0.39 is 61.9 Å². The van der Waals surface area contributed by atoms with Gasteiger partial charge in [0, 0.05) is 18.2 Å². The van der Waals surface area contributed by atoms with Gasteiger partial charge in [0.1, 0.15) is 23.4 Å². The molecule has 3 rings (SSSR count). The summed E-state index contributed by atoms with van der Waals surface area (Å²) in [5.41, 5.74) is -0.276. The highest BCUT2D eigenvalue weighted by molar-refractivity contribution is 6.88. The second kappa shape index (κ2) is 11.3. The number of carbonyl (C=O) groups excluding carboxylic acids is 2. The van der Waals surface area contributed by atoms with Gasteiger partial charge in [-0.25, -0.2) is 8.78 Å². The molecule has 2 N–H and O–H groups in total. The third kappa shape index (κ3) is 6.85. The van der Waals surface area contributed by atoms with E-state index in [-0.39, 0.29) is 23.7 Å². The fourth-order valence-electron chi connectivity index (χ4n) is 5.03. The van der Waals surface area contributed by atoms with E-state index in [1.165, 1.54) is 24.0 Å². The van der Waals surface area contributed by atoms with E-state index in [0.717, 1.165) is 5.56 Å². The summed E-state index contributed by atoms with van der Waals surface area (Å²) in [7, 11) is -2.30. The van der Waals surface area contributed by atoms with Crippen molar-refractivity contribution in [2.45, 2.75) is 70.8 Å². The summed E-state index contributed by atoms with van der Waals surface area (Å²) >= 11 is 0. The van der Waals surface area contributed by atoms with E-state index in [1.54, 1.807) is 12.1 Å². The van der Waals surface area contributed by atoms with Crippen molar-refractivity contribution in [1.29, 1.82) is 0 Å². The minimum Gasteiger partial charge on any atom is -0.494 e. The van der Waals surface area contributed by atoms with Gasteiger partial charge in [-0.1, -0.05) is 25.7 Å². The maximum absolute atomic E-state index is 14.9. The lowest BCUT2D eigenvalue weighted by atomic mass is 9.86. The van der Waals surface area contributed by atoms with Crippen molar-refractivity contribution in [3.8, 4) is 5.75 Å². The van der Waals surface area contributed by atoms with Crippen LogP contribution in [0, 0.1) is 11.6 Å². The number of carbonyl (C=O) groups is 3. The number of hydrogen-bond donors (Lipinski definition) is 2. The fraction of sp³-hybridized carbons (Fsp3) is 0.464. The molecule has 0 fully saturated rings. The van der Waals surface area contributed by atoms with Crippen LogP contribution in [-0.4, -0.2) is 59.6 Å². The van der Waals surface area contributed by atoms with Gasteiger partial charge in [0.15, 0.2) is 5.78 Å².